The van der Waals surface area contributed by atoms with Gasteiger partial charge in [-0.3, -0.25) is 9.78 Å². The molecule has 1 amide bonds. The highest BCUT2D eigenvalue weighted by Gasteiger charge is 2.10. The van der Waals surface area contributed by atoms with Crippen molar-refractivity contribution in [2.24, 2.45) is 0 Å². The second-order valence-corrected chi connectivity index (χ2v) is 4.44. The lowest BCUT2D eigenvalue weighted by Gasteiger charge is -2.10. The molecule has 2 aromatic rings. The SMILES string of the molecule is Cc1ncccc1C(=O)Nc1ccccc1CBr. The fourth-order valence-electron chi connectivity index (χ4n) is 1.67. The molecular formula is C14H13BrN2O. The molecule has 3 nitrogen and oxygen atoms in total. The number of carbonyl (C=O) groups is 1. The molecule has 0 unspecified atom stereocenters. The van der Waals surface area contributed by atoms with Crippen molar-refractivity contribution in [2.45, 2.75) is 12.3 Å². The Labute approximate surface area is 114 Å². The minimum atomic E-state index is -0.131. The van der Waals surface area contributed by atoms with Crippen molar-refractivity contribution in [2.75, 3.05) is 5.32 Å². The number of nitrogens with one attached hydrogen (secondary N) is 1. The molecule has 0 saturated heterocycles. The van der Waals surface area contributed by atoms with E-state index in [1.54, 1.807) is 18.3 Å². The lowest BCUT2D eigenvalue weighted by atomic mass is 10.1. The zero-order valence-electron chi connectivity index (χ0n) is 9.98. The van der Waals surface area contributed by atoms with Gasteiger partial charge in [-0.1, -0.05) is 34.1 Å². The van der Waals surface area contributed by atoms with E-state index in [0.717, 1.165) is 16.9 Å². The molecule has 0 radical (unpaired) electrons. The van der Waals surface area contributed by atoms with Crippen molar-refractivity contribution in [3.63, 3.8) is 0 Å². The zero-order valence-corrected chi connectivity index (χ0v) is 11.6. The van der Waals surface area contributed by atoms with Crippen LogP contribution in [0.2, 0.25) is 0 Å². The van der Waals surface area contributed by atoms with Crippen molar-refractivity contribution in [1.29, 1.82) is 0 Å². The number of pyridine rings is 1. The molecule has 0 saturated carbocycles. The van der Waals surface area contributed by atoms with Crippen LogP contribution in [0.1, 0.15) is 21.6 Å². The minimum absolute atomic E-state index is 0.131. The lowest BCUT2D eigenvalue weighted by molar-refractivity contribution is 0.102. The summed E-state index contributed by atoms with van der Waals surface area (Å²) in [5, 5.41) is 3.61. The molecule has 0 aliphatic carbocycles. The Bertz CT molecular complexity index is 569. The van der Waals surface area contributed by atoms with E-state index < -0.39 is 0 Å². The Morgan fingerprint density at radius 3 is 2.78 bits per heavy atom. The summed E-state index contributed by atoms with van der Waals surface area (Å²) in [4.78, 5) is 16.3. The van der Waals surface area contributed by atoms with Gasteiger partial charge in [-0.15, -0.1) is 0 Å². The van der Waals surface area contributed by atoms with Crippen LogP contribution in [-0.4, -0.2) is 10.9 Å². The van der Waals surface area contributed by atoms with Gasteiger partial charge >= 0.3 is 0 Å². The first-order valence-corrected chi connectivity index (χ1v) is 6.71. The van der Waals surface area contributed by atoms with Crippen LogP contribution in [0.15, 0.2) is 42.6 Å². The fraction of sp³-hybridized carbons (Fsp3) is 0.143. The minimum Gasteiger partial charge on any atom is -0.322 e. The number of amides is 1. The molecule has 0 atom stereocenters. The summed E-state index contributed by atoms with van der Waals surface area (Å²) in [5.74, 6) is -0.131. The van der Waals surface area contributed by atoms with Gasteiger partial charge in [-0.05, 0) is 30.7 Å². The molecule has 0 bridgehead atoms. The summed E-state index contributed by atoms with van der Waals surface area (Å²) >= 11 is 3.41. The second kappa shape index (κ2) is 5.78. The number of halogens is 1. The molecule has 0 fully saturated rings. The Morgan fingerprint density at radius 2 is 2.06 bits per heavy atom. The number of alkyl halides is 1. The van der Waals surface area contributed by atoms with Gasteiger partial charge in [0.2, 0.25) is 0 Å². The van der Waals surface area contributed by atoms with Crippen LogP contribution in [0.25, 0.3) is 0 Å². The summed E-state index contributed by atoms with van der Waals surface area (Å²) in [6.45, 7) is 1.82. The topological polar surface area (TPSA) is 42.0 Å². The second-order valence-electron chi connectivity index (χ2n) is 3.88. The van der Waals surface area contributed by atoms with E-state index in [-0.39, 0.29) is 5.91 Å². The third-order valence-corrected chi connectivity index (χ3v) is 3.27. The van der Waals surface area contributed by atoms with Crippen LogP contribution in [0.4, 0.5) is 5.69 Å². The molecule has 4 heteroatoms. The molecule has 1 heterocycles. The van der Waals surface area contributed by atoms with Crippen LogP contribution < -0.4 is 5.32 Å². The molecule has 0 aliphatic heterocycles. The molecule has 0 spiro atoms. The summed E-state index contributed by atoms with van der Waals surface area (Å²) in [7, 11) is 0. The van der Waals surface area contributed by atoms with Crippen LogP contribution in [0.3, 0.4) is 0 Å². The van der Waals surface area contributed by atoms with Crippen molar-refractivity contribution in [1.82, 2.24) is 4.98 Å². The number of aryl methyl sites for hydroxylation is 1. The maximum atomic E-state index is 12.1. The van der Waals surface area contributed by atoms with Gasteiger partial charge in [0.15, 0.2) is 0 Å². The van der Waals surface area contributed by atoms with Crippen LogP contribution in [0, 0.1) is 6.92 Å². The maximum absolute atomic E-state index is 12.1. The average Bonchev–Trinajstić information content (AvgIpc) is 2.39. The van der Waals surface area contributed by atoms with Crippen molar-refractivity contribution in [3.8, 4) is 0 Å². The van der Waals surface area contributed by atoms with E-state index >= 15 is 0 Å². The number of benzene rings is 1. The fourth-order valence-corrected chi connectivity index (χ4v) is 2.16. The van der Waals surface area contributed by atoms with Gasteiger partial charge in [-0.25, -0.2) is 0 Å². The number of para-hydroxylation sites is 1. The van der Waals surface area contributed by atoms with Gasteiger partial charge in [0.1, 0.15) is 0 Å². The van der Waals surface area contributed by atoms with E-state index in [2.05, 4.69) is 26.2 Å². The van der Waals surface area contributed by atoms with Crippen molar-refractivity contribution in [3.05, 3.63) is 59.4 Å². The predicted molar refractivity (Wildman–Crippen MR) is 76.0 cm³/mol. The highest BCUT2D eigenvalue weighted by Crippen LogP contribution is 2.19. The maximum Gasteiger partial charge on any atom is 0.257 e. The van der Waals surface area contributed by atoms with Gasteiger partial charge in [0, 0.05) is 22.9 Å². The number of hydrogen-bond donors (Lipinski definition) is 1. The number of anilines is 1. The van der Waals surface area contributed by atoms with Crippen molar-refractivity contribution >= 4 is 27.5 Å². The quantitative estimate of drug-likeness (QED) is 0.881. The molecule has 18 heavy (non-hydrogen) atoms. The normalized spacial score (nSPS) is 10.1. The Hall–Kier alpha value is -1.68. The number of carbonyl (C=O) groups excluding carboxylic acids is 1. The van der Waals surface area contributed by atoms with Gasteiger partial charge in [0.25, 0.3) is 5.91 Å². The first kappa shape index (κ1) is 12.8. The third-order valence-electron chi connectivity index (χ3n) is 2.66. The number of rotatable bonds is 3. The first-order chi connectivity index (χ1) is 8.72. The number of nitrogens with zero attached hydrogens (tertiary/aromatic N) is 1. The molecule has 0 aliphatic rings. The Kier molecular flexibility index (Phi) is 4.10. The summed E-state index contributed by atoms with van der Waals surface area (Å²) in [5.41, 5.74) is 3.20. The predicted octanol–water partition coefficient (Wildman–Crippen LogP) is 3.54. The van der Waals surface area contributed by atoms with E-state index in [0.29, 0.717) is 10.9 Å². The van der Waals surface area contributed by atoms with E-state index in [4.69, 9.17) is 0 Å². The Balaban J connectivity index is 2.24. The standard InChI is InChI=1S/C14H13BrN2O/c1-10-12(6-4-8-16-10)14(18)17-13-7-3-2-5-11(13)9-15/h2-8H,9H2,1H3,(H,17,18). The molecule has 1 aromatic heterocycles. The summed E-state index contributed by atoms with van der Waals surface area (Å²) < 4.78 is 0. The van der Waals surface area contributed by atoms with Crippen LogP contribution >= 0.6 is 15.9 Å². The Morgan fingerprint density at radius 1 is 1.28 bits per heavy atom. The summed E-state index contributed by atoms with van der Waals surface area (Å²) in [6, 6.07) is 11.2. The first-order valence-electron chi connectivity index (χ1n) is 5.59. The molecule has 92 valence electrons. The monoisotopic (exact) mass is 304 g/mol. The molecule has 1 aromatic carbocycles. The highest BCUT2D eigenvalue weighted by molar-refractivity contribution is 9.08. The number of hydrogen-bond acceptors (Lipinski definition) is 2. The van der Waals surface area contributed by atoms with Gasteiger partial charge in [0.05, 0.1) is 5.56 Å². The van der Waals surface area contributed by atoms with Crippen molar-refractivity contribution < 1.29 is 4.79 Å². The van der Waals surface area contributed by atoms with Gasteiger partial charge < -0.3 is 5.32 Å². The lowest BCUT2D eigenvalue weighted by Crippen LogP contribution is -2.14. The largest absolute Gasteiger partial charge is 0.322 e. The zero-order chi connectivity index (χ0) is 13.0. The molecule has 1 N–H and O–H groups in total. The van der Waals surface area contributed by atoms with Gasteiger partial charge in [-0.2, -0.15) is 0 Å². The summed E-state index contributed by atoms with van der Waals surface area (Å²) in [6.07, 6.45) is 1.68. The smallest absolute Gasteiger partial charge is 0.257 e. The number of aromatic nitrogens is 1. The molecule has 2 rings (SSSR count). The highest BCUT2D eigenvalue weighted by atomic mass is 79.9. The van der Waals surface area contributed by atoms with Crippen LogP contribution in [0.5, 0.6) is 0 Å². The molecular weight excluding hydrogens is 292 g/mol. The third kappa shape index (κ3) is 2.76. The van der Waals surface area contributed by atoms with E-state index in [9.17, 15) is 4.79 Å². The van der Waals surface area contributed by atoms with Crippen LogP contribution in [-0.2, 0) is 5.33 Å². The average molecular weight is 305 g/mol. The van der Waals surface area contributed by atoms with E-state index in [1.165, 1.54) is 0 Å². The van der Waals surface area contributed by atoms with E-state index in [1.807, 2.05) is 31.2 Å².